The molecule has 0 fully saturated rings. The predicted octanol–water partition coefficient (Wildman–Crippen LogP) is 2.94. The van der Waals surface area contributed by atoms with Crippen LogP contribution >= 0.6 is 0 Å². The maximum atomic E-state index is 8.86. The van der Waals surface area contributed by atoms with Crippen LogP contribution in [0, 0.1) is 18.3 Å². The summed E-state index contributed by atoms with van der Waals surface area (Å²) in [7, 11) is 1.54. The molecular formula is C14H12N2O. The van der Waals surface area contributed by atoms with Crippen molar-refractivity contribution in [3.63, 3.8) is 0 Å². The van der Waals surface area contributed by atoms with E-state index in [9.17, 15) is 0 Å². The molecule has 1 aromatic heterocycles. The number of methoxy groups -OCH3 is 1. The third-order valence-corrected chi connectivity index (χ3v) is 2.53. The number of benzene rings is 1. The number of hydrogen-bond acceptors (Lipinski definition) is 3. The minimum absolute atomic E-state index is 0.309. The Labute approximate surface area is 100 Å². The summed E-state index contributed by atoms with van der Waals surface area (Å²) in [6, 6.07) is 12.0. The lowest BCUT2D eigenvalue weighted by Crippen LogP contribution is -1.92. The maximum absolute atomic E-state index is 8.86. The Morgan fingerprint density at radius 3 is 2.71 bits per heavy atom. The second-order valence-electron chi connectivity index (χ2n) is 3.76. The Morgan fingerprint density at radius 1 is 1.24 bits per heavy atom. The molecule has 0 amide bonds. The van der Waals surface area contributed by atoms with Crippen LogP contribution < -0.4 is 4.74 Å². The molecule has 0 unspecified atom stereocenters. The average molecular weight is 224 g/mol. The fraction of sp³-hybridized carbons (Fsp3) is 0.143. The highest BCUT2D eigenvalue weighted by atomic mass is 16.5. The molecule has 0 radical (unpaired) electrons. The molecule has 3 nitrogen and oxygen atoms in total. The number of nitrogens with zero attached hydrogens (tertiary/aromatic N) is 2. The van der Waals surface area contributed by atoms with E-state index in [1.165, 1.54) is 12.7 Å². The summed E-state index contributed by atoms with van der Waals surface area (Å²) in [5.41, 5.74) is 3.51. The van der Waals surface area contributed by atoms with E-state index < -0.39 is 0 Å². The molecule has 0 spiro atoms. The highest BCUT2D eigenvalue weighted by Gasteiger charge is 2.06. The lowest BCUT2D eigenvalue weighted by Gasteiger charge is -2.06. The van der Waals surface area contributed by atoms with Crippen molar-refractivity contribution in [3.8, 4) is 22.9 Å². The van der Waals surface area contributed by atoms with E-state index in [0.717, 1.165) is 11.1 Å². The van der Waals surface area contributed by atoms with E-state index >= 15 is 0 Å². The van der Waals surface area contributed by atoms with Crippen molar-refractivity contribution < 1.29 is 4.74 Å². The monoisotopic (exact) mass is 224 g/mol. The first-order valence-electron chi connectivity index (χ1n) is 5.26. The Kier molecular flexibility index (Phi) is 3.06. The molecule has 0 saturated heterocycles. The van der Waals surface area contributed by atoms with E-state index in [-0.39, 0.29) is 0 Å². The quantitative estimate of drug-likeness (QED) is 0.787. The van der Waals surface area contributed by atoms with E-state index in [2.05, 4.69) is 11.1 Å². The van der Waals surface area contributed by atoms with E-state index in [1.807, 2.05) is 37.3 Å². The number of rotatable bonds is 2. The lowest BCUT2D eigenvalue weighted by atomic mass is 10.0. The van der Waals surface area contributed by atoms with Gasteiger partial charge in [-0.25, -0.2) is 4.98 Å². The van der Waals surface area contributed by atoms with Crippen LogP contribution in [0.4, 0.5) is 0 Å². The van der Waals surface area contributed by atoms with Gasteiger partial charge in [-0.3, -0.25) is 0 Å². The Morgan fingerprint density at radius 2 is 2.06 bits per heavy atom. The van der Waals surface area contributed by atoms with E-state index in [1.54, 1.807) is 6.20 Å². The summed E-state index contributed by atoms with van der Waals surface area (Å²) in [4.78, 5) is 4.09. The van der Waals surface area contributed by atoms with Crippen LogP contribution in [-0.4, -0.2) is 12.1 Å². The van der Waals surface area contributed by atoms with Crippen molar-refractivity contribution in [1.82, 2.24) is 4.98 Å². The lowest BCUT2D eigenvalue weighted by molar-refractivity contribution is 0.411. The molecule has 84 valence electrons. The molecule has 0 aliphatic carbocycles. The summed E-state index contributed by atoms with van der Waals surface area (Å²) in [6.07, 6.45) is 1.69. The summed E-state index contributed by atoms with van der Waals surface area (Å²) in [5, 5.41) is 8.86. The van der Waals surface area contributed by atoms with E-state index in [4.69, 9.17) is 10.00 Å². The van der Waals surface area contributed by atoms with Crippen LogP contribution in [0.3, 0.4) is 0 Å². The normalized spacial score (nSPS) is 9.71. The first kappa shape index (κ1) is 11.2. The topological polar surface area (TPSA) is 45.9 Å². The second kappa shape index (κ2) is 4.67. The van der Waals surface area contributed by atoms with Gasteiger partial charge in [0.05, 0.1) is 7.11 Å². The fourth-order valence-corrected chi connectivity index (χ4v) is 1.67. The maximum Gasteiger partial charge on any atom is 0.182 e. The molecule has 2 rings (SSSR count). The first-order chi connectivity index (χ1) is 8.24. The van der Waals surface area contributed by atoms with Crippen LogP contribution in [0.2, 0.25) is 0 Å². The van der Waals surface area contributed by atoms with E-state index in [0.29, 0.717) is 11.4 Å². The Balaban J connectivity index is 2.51. The summed E-state index contributed by atoms with van der Waals surface area (Å²) >= 11 is 0. The van der Waals surface area contributed by atoms with Gasteiger partial charge in [-0.05, 0) is 18.6 Å². The van der Waals surface area contributed by atoms with Crippen LogP contribution in [0.25, 0.3) is 11.1 Å². The van der Waals surface area contributed by atoms with Crippen LogP contribution in [-0.2, 0) is 0 Å². The first-order valence-corrected chi connectivity index (χ1v) is 5.26. The number of nitriles is 1. The molecule has 0 bridgehead atoms. The second-order valence-corrected chi connectivity index (χ2v) is 3.76. The van der Waals surface area contributed by atoms with Gasteiger partial charge in [0.1, 0.15) is 6.07 Å². The van der Waals surface area contributed by atoms with Crippen LogP contribution in [0.1, 0.15) is 11.3 Å². The molecule has 17 heavy (non-hydrogen) atoms. The van der Waals surface area contributed by atoms with Gasteiger partial charge in [-0.1, -0.05) is 29.8 Å². The third-order valence-electron chi connectivity index (χ3n) is 2.53. The van der Waals surface area contributed by atoms with Gasteiger partial charge in [0.15, 0.2) is 11.4 Å². The highest BCUT2D eigenvalue weighted by molar-refractivity contribution is 5.65. The SMILES string of the molecule is COc1cc(-c2cccc(C)c2)cnc1C#N. The zero-order chi connectivity index (χ0) is 12.3. The molecule has 0 atom stereocenters. The minimum atomic E-state index is 0.309. The number of pyridine rings is 1. The van der Waals surface area contributed by atoms with Crippen molar-refractivity contribution in [3.05, 3.63) is 47.8 Å². The number of aryl methyl sites for hydroxylation is 1. The largest absolute Gasteiger partial charge is 0.494 e. The van der Waals surface area contributed by atoms with Crippen molar-refractivity contribution in [2.45, 2.75) is 6.92 Å². The Bertz CT molecular complexity index is 585. The van der Waals surface area contributed by atoms with Gasteiger partial charge in [-0.15, -0.1) is 0 Å². The minimum Gasteiger partial charge on any atom is -0.494 e. The molecule has 0 N–H and O–H groups in total. The van der Waals surface area contributed by atoms with Gasteiger partial charge in [0, 0.05) is 11.8 Å². The van der Waals surface area contributed by atoms with Gasteiger partial charge < -0.3 is 4.74 Å². The Hall–Kier alpha value is -2.34. The number of ether oxygens (including phenoxy) is 1. The molecule has 0 saturated carbocycles. The van der Waals surface area contributed by atoms with Crippen LogP contribution in [0.15, 0.2) is 36.5 Å². The standard InChI is InChI=1S/C14H12N2O/c1-10-4-3-5-11(6-10)12-7-14(17-2)13(8-15)16-9-12/h3-7,9H,1-2H3. The molecular weight excluding hydrogens is 212 g/mol. The smallest absolute Gasteiger partial charge is 0.182 e. The third kappa shape index (κ3) is 2.26. The van der Waals surface area contributed by atoms with Crippen molar-refractivity contribution in [2.75, 3.05) is 7.11 Å². The zero-order valence-corrected chi connectivity index (χ0v) is 9.77. The molecule has 1 aromatic carbocycles. The summed E-state index contributed by atoms with van der Waals surface area (Å²) in [6.45, 7) is 2.04. The highest BCUT2D eigenvalue weighted by Crippen LogP contribution is 2.25. The molecule has 0 aliphatic rings. The van der Waals surface area contributed by atoms with Crippen molar-refractivity contribution in [1.29, 1.82) is 5.26 Å². The fourth-order valence-electron chi connectivity index (χ4n) is 1.67. The van der Waals surface area contributed by atoms with Gasteiger partial charge in [-0.2, -0.15) is 5.26 Å². The molecule has 0 aliphatic heterocycles. The molecule has 2 aromatic rings. The molecule has 1 heterocycles. The van der Waals surface area contributed by atoms with Gasteiger partial charge in [0.25, 0.3) is 0 Å². The molecule has 3 heteroatoms. The number of hydrogen-bond donors (Lipinski definition) is 0. The average Bonchev–Trinajstić information content (AvgIpc) is 2.38. The van der Waals surface area contributed by atoms with Crippen molar-refractivity contribution >= 4 is 0 Å². The summed E-state index contributed by atoms with van der Waals surface area (Å²) in [5.74, 6) is 0.506. The van der Waals surface area contributed by atoms with Crippen LogP contribution in [0.5, 0.6) is 5.75 Å². The summed E-state index contributed by atoms with van der Waals surface area (Å²) < 4.78 is 5.14. The van der Waals surface area contributed by atoms with Crippen molar-refractivity contribution in [2.24, 2.45) is 0 Å². The van der Waals surface area contributed by atoms with Gasteiger partial charge >= 0.3 is 0 Å². The zero-order valence-electron chi connectivity index (χ0n) is 9.77. The van der Waals surface area contributed by atoms with Gasteiger partial charge in [0.2, 0.25) is 0 Å². The predicted molar refractivity (Wildman–Crippen MR) is 65.7 cm³/mol. The number of aromatic nitrogens is 1.